The van der Waals surface area contributed by atoms with Crippen molar-refractivity contribution >= 4 is 16.7 Å². The van der Waals surface area contributed by atoms with Crippen molar-refractivity contribution in [3.63, 3.8) is 0 Å². The molecule has 0 aromatic heterocycles. The molecule has 170 valence electrons. The zero-order valence-corrected chi connectivity index (χ0v) is 19.0. The van der Waals surface area contributed by atoms with Crippen LogP contribution in [0.5, 0.6) is 5.75 Å². The van der Waals surface area contributed by atoms with Gasteiger partial charge >= 0.3 is 0 Å². The summed E-state index contributed by atoms with van der Waals surface area (Å²) in [6.45, 7) is 0.487. The molecule has 0 aliphatic rings. The summed E-state index contributed by atoms with van der Waals surface area (Å²) in [6, 6.07) is 25.3. The van der Waals surface area contributed by atoms with E-state index >= 15 is 0 Å². The number of nitriles is 1. The van der Waals surface area contributed by atoms with Crippen molar-refractivity contribution in [2.24, 2.45) is 0 Å². The first-order valence-electron chi connectivity index (χ1n) is 10.6. The maximum absolute atomic E-state index is 12.2. The van der Waals surface area contributed by atoms with Gasteiger partial charge in [0.1, 0.15) is 17.6 Å². The summed E-state index contributed by atoms with van der Waals surface area (Å²) < 4.78 is 18.1. The van der Waals surface area contributed by atoms with E-state index in [1.54, 1.807) is 6.07 Å². The number of hydrogen-bond donors (Lipinski definition) is 2. The van der Waals surface area contributed by atoms with E-state index in [-0.39, 0.29) is 30.6 Å². The van der Waals surface area contributed by atoms with E-state index in [0.29, 0.717) is 17.9 Å². The topological polar surface area (TPSA) is 99.4 Å². The summed E-state index contributed by atoms with van der Waals surface area (Å²) in [5, 5.41) is 20.7. The van der Waals surface area contributed by atoms with Gasteiger partial charge in [0.05, 0.1) is 18.8 Å². The summed E-state index contributed by atoms with van der Waals surface area (Å²) in [7, 11) is -1.33. The van der Waals surface area contributed by atoms with Crippen LogP contribution < -0.4 is 10.1 Å². The fourth-order valence-electron chi connectivity index (χ4n) is 3.26. The molecule has 0 fully saturated rings. The number of hydrogen-bond acceptors (Lipinski definition) is 5. The number of rotatable bonds is 11. The minimum Gasteiger partial charge on any atom is -0.492 e. The monoisotopic (exact) mass is 462 g/mol. The zero-order valence-electron chi connectivity index (χ0n) is 18.2. The van der Waals surface area contributed by atoms with E-state index in [2.05, 4.69) is 11.4 Å². The van der Waals surface area contributed by atoms with E-state index in [0.717, 1.165) is 23.1 Å². The van der Waals surface area contributed by atoms with E-state index in [1.165, 1.54) is 5.56 Å². The van der Waals surface area contributed by atoms with Gasteiger partial charge in [0.15, 0.2) is 0 Å². The van der Waals surface area contributed by atoms with Crippen molar-refractivity contribution in [3.8, 4) is 22.9 Å². The van der Waals surface area contributed by atoms with Gasteiger partial charge < -0.3 is 15.2 Å². The van der Waals surface area contributed by atoms with Crippen LogP contribution in [0.2, 0.25) is 0 Å². The van der Waals surface area contributed by atoms with E-state index in [9.17, 15) is 14.3 Å². The number of nitrogens with zero attached hydrogens (tertiary/aromatic N) is 1. The third kappa shape index (κ3) is 7.56. The predicted octanol–water partition coefficient (Wildman–Crippen LogP) is 3.20. The number of ether oxygens (including phenoxy) is 1. The Balaban J connectivity index is 1.63. The van der Waals surface area contributed by atoms with Gasteiger partial charge in [-0.05, 0) is 34.4 Å². The molecule has 1 unspecified atom stereocenters. The minimum atomic E-state index is -1.33. The molecule has 3 rings (SSSR count). The minimum absolute atomic E-state index is 0.0962. The van der Waals surface area contributed by atoms with Crippen LogP contribution >= 0.6 is 0 Å². The largest absolute Gasteiger partial charge is 0.492 e. The zero-order chi connectivity index (χ0) is 23.5. The first-order chi connectivity index (χ1) is 16.1. The average molecular weight is 463 g/mol. The van der Waals surface area contributed by atoms with Crippen LogP contribution in [0.15, 0.2) is 72.8 Å². The third-order valence-electron chi connectivity index (χ3n) is 4.93. The van der Waals surface area contributed by atoms with Crippen LogP contribution in [-0.4, -0.2) is 40.7 Å². The van der Waals surface area contributed by atoms with Gasteiger partial charge in [0.2, 0.25) is 5.91 Å². The fraction of sp³-hybridized carbons (Fsp3) is 0.231. The molecule has 2 N–H and O–H groups in total. The van der Waals surface area contributed by atoms with E-state index in [4.69, 9.17) is 9.84 Å². The van der Waals surface area contributed by atoms with Crippen molar-refractivity contribution in [1.82, 2.24) is 5.32 Å². The average Bonchev–Trinajstić information content (AvgIpc) is 2.84. The second-order valence-corrected chi connectivity index (χ2v) is 8.86. The van der Waals surface area contributed by atoms with Crippen LogP contribution in [0.1, 0.15) is 16.7 Å². The Labute approximate surface area is 196 Å². The lowest BCUT2D eigenvalue weighted by molar-refractivity contribution is -0.118. The van der Waals surface area contributed by atoms with Gasteiger partial charge in [0, 0.05) is 29.5 Å². The van der Waals surface area contributed by atoms with Gasteiger partial charge in [-0.1, -0.05) is 60.7 Å². The Hall–Kier alpha value is -3.47. The van der Waals surface area contributed by atoms with Gasteiger partial charge in [-0.3, -0.25) is 9.00 Å². The Bertz CT molecular complexity index is 1130. The SMILES string of the molecule is N#Cc1ccc(-c2ccc(CS(=O)CC(=O)NCCO)cc2)cc1OCCc1ccccc1. The lowest BCUT2D eigenvalue weighted by Crippen LogP contribution is -2.30. The Morgan fingerprint density at radius 2 is 1.73 bits per heavy atom. The molecule has 1 amide bonds. The Kier molecular flexibility index (Phi) is 9.19. The van der Waals surface area contributed by atoms with Crippen molar-refractivity contribution < 1.29 is 18.8 Å². The molecule has 0 heterocycles. The normalized spacial score (nSPS) is 11.4. The van der Waals surface area contributed by atoms with Crippen molar-refractivity contribution in [1.29, 1.82) is 5.26 Å². The first-order valence-corrected chi connectivity index (χ1v) is 12.1. The predicted molar refractivity (Wildman–Crippen MR) is 129 cm³/mol. The summed E-state index contributed by atoms with van der Waals surface area (Å²) >= 11 is 0. The number of aliphatic hydroxyl groups excluding tert-OH is 1. The highest BCUT2D eigenvalue weighted by atomic mass is 32.2. The first kappa shape index (κ1) is 24.2. The molecular weight excluding hydrogens is 436 g/mol. The summed E-state index contributed by atoms with van der Waals surface area (Å²) in [6.07, 6.45) is 0.750. The molecule has 7 heteroatoms. The van der Waals surface area contributed by atoms with E-state index < -0.39 is 10.8 Å². The summed E-state index contributed by atoms with van der Waals surface area (Å²) in [5.41, 5.74) is 4.38. The number of aliphatic hydroxyl groups is 1. The fourth-order valence-corrected chi connectivity index (χ4v) is 4.32. The molecule has 3 aromatic rings. The molecule has 0 aliphatic carbocycles. The van der Waals surface area contributed by atoms with Crippen molar-refractivity contribution in [3.05, 3.63) is 89.5 Å². The van der Waals surface area contributed by atoms with Crippen LogP contribution in [0.3, 0.4) is 0 Å². The quantitative estimate of drug-likeness (QED) is 0.456. The number of benzene rings is 3. The van der Waals surface area contributed by atoms with Crippen molar-refractivity contribution in [2.45, 2.75) is 12.2 Å². The number of carbonyl (C=O) groups is 1. The van der Waals surface area contributed by atoms with Gasteiger partial charge in [-0.25, -0.2) is 0 Å². The molecule has 6 nitrogen and oxygen atoms in total. The smallest absolute Gasteiger partial charge is 0.232 e. The van der Waals surface area contributed by atoms with Crippen LogP contribution in [0.4, 0.5) is 0 Å². The molecule has 0 radical (unpaired) electrons. The third-order valence-corrected chi connectivity index (χ3v) is 6.17. The molecule has 3 aromatic carbocycles. The summed E-state index contributed by atoms with van der Waals surface area (Å²) in [5.74, 6) is 0.385. The lowest BCUT2D eigenvalue weighted by atomic mass is 10.0. The van der Waals surface area contributed by atoms with Gasteiger partial charge in [-0.2, -0.15) is 5.26 Å². The molecule has 1 atom stereocenters. The lowest BCUT2D eigenvalue weighted by Gasteiger charge is -2.11. The maximum atomic E-state index is 12.2. The molecule has 0 saturated heterocycles. The molecule has 0 bridgehead atoms. The van der Waals surface area contributed by atoms with Crippen LogP contribution in [0, 0.1) is 11.3 Å². The number of amides is 1. The molecule has 0 spiro atoms. The van der Waals surface area contributed by atoms with Gasteiger partial charge in [-0.15, -0.1) is 0 Å². The van der Waals surface area contributed by atoms with Crippen LogP contribution in [-0.2, 0) is 27.8 Å². The maximum Gasteiger partial charge on any atom is 0.232 e. The number of carbonyl (C=O) groups excluding carboxylic acids is 1. The van der Waals surface area contributed by atoms with E-state index in [1.807, 2.05) is 66.7 Å². The van der Waals surface area contributed by atoms with Crippen LogP contribution in [0.25, 0.3) is 11.1 Å². The highest BCUT2D eigenvalue weighted by Gasteiger charge is 2.10. The summed E-state index contributed by atoms with van der Waals surface area (Å²) in [4.78, 5) is 11.6. The Morgan fingerprint density at radius 3 is 2.42 bits per heavy atom. The second-order valence-electron chi connectivity index (χ2n) is 7.41. The van der Waals surface area contributed by atoms with Crippen molar-refractivity contribution in [2.75, 3.05) is 25.5 Å². The molecule has 33 heavy (non-hydrogen) atoms. The second kappa shape index (κ2) is 12.5. The standard InChI is InChI=1S/C26H26N2O4S/c27-17-24-11-10-23(16-25(24)32-15-12-20-4-2-1-3-5-20)22-8-6-21(7-9-22)18-33(31)19-26(30)28-13-14-29/h1-11,16,29H,12-15,18-19H2,(H,28,30). The highest BCUT2D eigenvalue weighted by molar-refractivity contribution is 7.84. The van der Waals surface area contributed by atoms with Gasteiger partial charge in [0.25, 0.3) is 0 Å². The molecule has 0 aliphatic heterocycles. The molecule has 0 saturated carbocycles. The Morgan fingerprint density at radius 1 is 1.00 bits per heavy atom. The highest BCUT2D eigenvalue weighted by Crippen LogP contribution is 2.28. The molecular formula is C26H26N2O4S. The number of nitrogens with one attached hydrogen (secondary N) is 1.